The van der Waals surface area contributed by atoms with E-state index in [0.29, 0.717) is 33.0 Å². The van der Waals surface area contributed by atoms with Gasteiger partial charge in [-0.2, -0.15) is 0 Å². The summed E-state index contributed by atoms with van der Waals surface area (Å²) >= 11 is 0. The summed E-state index contributed by atoms with van der Waals surface area (Å²) in [5.74, 6) is 0. The van der Waals surface area contributed by atoms with Crippen LogP contribution in [0, 0.1) is 0 Å². The minimum absolute atomic E-state index is 0.380. The maximum absolute atomic E-state index is 8.85. The van der Waals surface area contributed by atoms with Crippen molar-refractivity contribution in [2.75, 3.05) is 40.1 Å². The highest BCUT2D eigenvalue weighted by Crippen LogP contribution is 1.88. The summed E-state index contributed by atoms with van der Waals surface area (Å²) in [4.78, 5) is 0. The number of aliphatic hydroxyl groups excluding tert-OH is 1. The topological polar surface area (TPSA) is 47.9 Å². The van der Waals surface area contributed by atoms with Gasteiger partial charge >= 0.3 is 0 Å². The van der Waals surface area contributed by atoms with Gasteiger partial charge in [-0.15, -0.1) is 0 Å². The Balaban J connectivity index is 2.84. The first-order valence-corrected chi connectivity index (χ1v) is 4.60. The molecule has 0 spiro atoms. The SMILES string of the molecule is COCCOCCCOC[C@@H](C)O. The molecule has 0 radical (unpaired) electrons. The highest BCUT2D eigenvalue weighted by atomic mass is 16.5. The Morgan fingerprint density at radius 2 is 1.77 bits per heavy atom. The molecule has 0 bridgehead atoms. The first-order valence-electron chi connectivity index (χ1n) is 4.60. The van der Waals surface area contributed by atoms with E-state index in [-0.39, 0.29) is 6.10 Å². The van der Waals surface area contributed by atoms with Gasteiger partial charge < -0.3 is 19.3 Å². The van der Waals surface area contributed by atoms with Crippen LogP contribution < -0.4 is 0 Å². The maximum Gasteiger partial charge on any atom is 0.0745 e. The molecule has 0 aromatic rings. The fourth-order valence-electron chi connectivity index (χ4n) is 0.761. The zero-order valence-corrected chi connectivity index (χ0v) is 8.49. The van der Waals surface area contributed by atoms with Gasteiger partial charge in [0.05, 0.1) is 25.9 Å². The van der Waals surface area contributed by atoms with E-state index >= 15 is 0 Å². The van der Waals surface area contributed by atoms with Crippen LogP contribution in [0.15, 0.2) is 0 Å². The first kappa shape index (κ1) is 12.8. The highest BCUT2D eigenvalue weighted by molar-refractivity contribution is 4.42. The van der Waals surface area contributed by atoms with E-state index in [2.05, 4.69) is 0 Å². The van der Waals surface area contributed by atoms with Crippen LogP contribution in [0.2, 0.25) is 0 Å². The molecule has 4 heteroatoms. The molecule has 0 aliphatic heterocycles. The third-order valence-corrected chi connectivity index (χ3v) is 1.37. The van der Waals surface area contributed by atoms with Crippen molar-refractivity contribution in [2.45, 2.75) is 19.4 Å². The summed E-state index contributed by atoms with van der Waals surface area (Å²) in [6, 6.07) is 0. The Morgan fingerprint density at radius 3 is 2.38 bits per heavy atom. The molecule has 0 aromatic heterocycles. The van der Waals surface area contributed by atoms with E-state index in [4.69, 9.17) is 19.3 Å². The number of aliphatic hydroxyl groups is 1. The van der Waals surface area contributed by atoms with Crippen molar-refractivity contribution in [3.63, 3.8) is 0 Å². The van der Waals surface area contributed by atoms with Crippen molar-refractivity contribution in [2.24, 2.45) is 0 Å². The molecule has 0 saturated heterocycles. The molecule has 4 nitrogen and oxygen atoms in total. The minimum Gasteiger partial charge on any atom is -0.391 e. The second-order valence-corrected chi connectivity index (χ2v) is 2.88. The van der Waals surface area contributed by atoms with Crippen molar-refractivity contribution in [1.29, 1.82) is 0 Å². The van der Waals surface area contributed by atoms with Gasteiger partial charge in [-0.3, -0.25) is 0 Å². The van der Waals surface area contributed by atoms with Crippen LogP contribution in [0.5, 0.6) is 0 Å². The fourth-order valence-corrected chi connectivity index (χ4v) is 0.761. The molecule has 0 fully saturated rings. The maximum atomic E-state index is 8.85. The van der Waals surface area contributed by atoms with E-state index in [1.807, 2.05) is 0 Å². The quantitative estimate of drug-likeness (QED) is 0.538. The molecule has 0 saturated carbocycles. The van der Waals surface area contributed by atoms with Crippen molar-refractivity contribution in [3.8, 4) is 0 Å². The van der Waals surface area contributed by atoms with Crippen molar-refractivity contribution in [3.05, 3.63) is 0 Å². The Hall–Kier alpha value is -0.160. The van der Waals surface area contributed by atoms with Crippen LogP contribution in [-0.4, -0.2) is 51.4 Å². The number of hydrogen-bond donors (Lipinski definition) is 1. The Bertz CT molecular complexity index is 95.6. The van der Waals surface area contributed by atoms with E-state index < -0.39 is 0 Å². The van der Waals surface area contributed by atoms with Crippen LogP contribution >= 0.6 is 0 Å². The normalized spacial score (nSPS) is 13.2. The Morgan fingerprint density at radius 1 is 1.08 bits per heavy atom. The largest absolute Gasteiger partial charge is 0.391 e. The lowest BCUT2D eigenvalue weighted by Gasteiger charge is -2.06. The molecular weight excluding hydrogens is 172 g/mol. The molecule has 0 aliphatic carbocycles. The van der Waals surface area contributed by atoms with Gasteiger partial charge in [0.2, 0.25) is 0 Å². The van der Waals surface area contributed by atoms with E-state index in [1.165, 1.54) is 0 Å². The smallest absolute Gasteiger partial charge is 0.0745 e. The summed E-state index contributed by atoms with van der Waals surface area (Å²) in [5, 5.41) is 8.85. The number of ether oxygens (including phenoxy) is 3. The molecule has 0 heterocycles. The number of rotatable bonds is 9. The third kappa shape index (κ3) is 11.8. The predicted molar refractivity (Wildman–Crippen MR) is 49.8 cm³/mol. The van der Waals surface area contributed by atoms with Crippen molar-refractivity contribution < 1.29 is 19.3 Å². The van der Waals surface area contributed by atoms with Crippen molar-refractivity contribution >= 4 is 0 Å². The van der Waals surface area contributed by atoms with E-state index in [9.17, 15) is 0 Å². The zero-order valence-electron chi connectivity index (χ0n) is 8.49. The van der Waals surface area contributed by atoms with Gasteiger partial charge in [-0.1, -0.05) is 0 Å². The molecule has 13 heavy (non-hydrogen) atoms. The van der Waals surface area contributed by atoms with Crippen LogP contribution in [0.1, 0.15) is 13.3 Å². The summed E-state index contributed by atoms with van der Waals surface area (Å²) in [6.07, 6.45) is 0.477. The zero-order chi connectivity index (χ0) is 9.94. The molecule has 0 aliphatic rings. The lowest BCUT2D eigenvalue weighted by atomic mass is 10.4. The monoisotopic (exact) mass is 192 g/mol. The van der Waals surface area contributed by atoms with Gasteiger partial charge in [0.25, 0.3) is 0 Å². The second-order valence-electron chi connectivity index (χ2n) is 2.88. The molecular formula is C9H20O4. The van der Waals surface area contributed by atoms with Crippen LogP contribution in [0.25, 0.3) is 0 Å². The van der Waals surface area contributed by atoms with Crippen LogP contribution in [0.3, 0.4) is 0 Å². The summed E-state index contributed by atoms with van der Waals surface area (Å²) in [6.45, 7) is 4.69. The lowest BCUT2D eigenvalue weighted by molar-refractivity contribution is 0.0246. The molecule has 0 unspecified atom stereocenters. The van der Waals surface area contributed by atoms with Gasteiger partial charge in [-0.05, 0) is 13.3 Å². The lowest BCUT2D eigenvalue weighted by Crippen LogP contribution is -2.12. The Kier molecular flexibility index (Phi) is 9.80. The molecule has 1 atom stereocenters. The molecule has 0 aromatic carbocycles. The number of methoxy groups -OCH3 is 1. The average molecular weight is 192 g/mol. The molecule has 80 valence electrons. The molecule has 1 N–H and O–H groups in total. The molecule has 0 amide bonds. The number of hydrogen-bond acceptors (Lipinski definition) is 4. The van der Waals surface area contributed by atoms with Gasteiger partial charge in [0.15, 0.2) is 0 Å². The summed E-state index contributed by atoms with van der Waals surface area (Å²) in [5.41, 5.74) is 0. The average Bonchev–Trinajstić information content (AvgIpc) is 2.09. The van der Waals surface area contributed by atoms with Crippen LogP contribution in [-0.2, 0) is 14.2 Å². The Labute approximate surface area is 79.8 Å². The minimum atomic E-state index is -0.380. The van der Waals surface area contributed by atoms with Gasteiger partial charge in [-0.25, -0.2) is 0 Å². The fraction of sp³-hybridized carbons (Fsp3) is 1.00. The van der Waals surface area contributed by atoms with E-state index in [0.717, 1.165) is 6.42 Å². The third-order valence-electron chi connectivity index (χ3n) is 1.37. The highest BCUT2D eigenvalue weighted by Gasteiger charge is 1.94. The molecule has 0 rings (SSSR count). The second kappa shape index (κ2) is 9.92. The van der Waals surface area contributed by atoms with Crippen molar-refractivity contribution in [1.82, 2.24) is 0 Å². The standard InChI is InChI=1S/C9H20O4/c1-9(10)8-13-5-3-4-12-7-6-11-2/h9-10H,3-8H2,1-2H3/t9-/m1/s1. The first-order chi connectivity index (χ1) is 6.27. The predicted octanol–water partition coefficient (Wildman–Crippen LogP) is 0.437. The summed E-state index contributed by atoms with van der Waals surface area (Å²) < 4.78 is 15.2. The van der Waals surface area contributed by atoms with Gasteiger partial charge in [0, 0.05) is 20.3 Å². The van der Waals surface area contributed by atoms with Gasteiger partial charge in [0.1, 0.15) is 0 Å². The van der Waals surface area contributed by atoms with E-state index in [1.54, 1.807) is 14.0 Å². The van der Waals surface area contributed by atoms with Crippen LogP contribution in [0.4, 0.5) is 0 Å². The summed E-state index contributed by atoms with van der Waals surface area (Å²) in [7, 11) is 1.65.